The number of hydrogen-bond donors (Lipinski definition) is 1. The molecule has 0 fully saturated rings. The summed E-state index contributed by atoms with van der Waals surface area (Å²) in [4.78, 5) is 0. The predicted octanol–water partition coefficient (Wildman–Crippen LogP) is 3.95. The third-order valence-corrected chi connectivity index (χ3v) is 3.26. The highest BCUT2D eigenvalue weighted by molar-refractivity contribution is 6.30. The summed E-state index contributed by atoms with van der Waals surface area (Å²) in [7, 11) is 1.63. The minimum Gasteiger partial charge on any atom is -0.496 e. The maximum Gasteiger partial charge on any atom is 0.125 e. The third-order valence-electron chi connectivity index (χ3n) is 3.02. The second-order valence-electron chi connectivity index (χ2n) is 4.61. The number of rotatable bonds is 5. The van der Waals surface area contributed by atoms with Gasteiger partial charge in [-0.15, -0.1) is 0 Å². The van der Waals surface area contributed by atoms with E-state index in [2.05, 4.69) is 0 Å². The Labute approximate surface area is 124 Å². The van der Waals surface area contributed by atoms with Crippen molar-refractivity contribution in [2.75, 3.05) is 7.11 Å². The molecule has 20 heavy (non-hydrogen) atoms. The van der Waals surface area contributed by atoms with Crippen LogP contribution in [0.1, 0.15) is 24.1 Å². The summed E-state index contributed by atoms with van der Waals surface area (Å²) in [6.07, 6.45) is 0. The summed E-state index contributed by atoms with van der Waals surface area (Å²) >= 11 is 5.99. The van der Waals surface area contributed by atoms with Crippen molar-refractivity contribution in [3.05, 3.63) is 58.6 Å². The van der Waals surface area contributed by atoms with E-state index in [1.807, 2.05) is 43.3 Å². The summed E-state index contributed by atoms with van der Waals surface area (Å²) in [5.74, 6) is 1.54. The molecular formula is C16H18ClNO2. The SMILES string of the molecule is COc1ccc(Cl)cc1COc1cccc([C@H](C)N)c1. The van der Waals surface area contributed by atoms with E-state index in [0.29, 0.717) is 11.6 Å². The monoisotopic (exact) mass is 291 g/mol. The van der Waals surface area contributed by atoms with Crippen LogP contribution in [-0.2, 0) is 6.61 Å². The molecule has 0 aliphatic rings. The first-order valence-corrected chi connectivity index (χ1v) is 6.78. The number of benzene rings is 2. The number of methoxy groups -OCH3 is 1. The number of ether oxygens (including phenoxy) is 2. The molecular weight excluding hydrogens is 274 g/mol. The first-order chi connectivity index (χ1) is 9.60. The van der Waals surface area contributed by atoms with Gasteiger partial charge in [0.25, 0.3) is 0 Å². The number of hydrogen-bond acceptors (Lipinski definition) is 3. The molecule has 0 aliphatic heterocycles. The topological polar surface area (TPSA) is 44.5 Å². The first kappa shape index (κ1) is 14.7. The summed E-state index contributed by atoms with van der Waals surface area (Å²) in [6, 6.07) is 13.2. The van der Waals surface area contributed by atoms with Gasteiger partial charge in [0.05, 0.1) is 7.11 Å². The Morgan fingerprint density at radius 2 is 2.00 bits per heavy atom. The summed E-state index contributed by atoms with van der Waals surface area (Å²) in [6.45, 7) is 2.34. The molecule has 0 radical (unpaired) electrons. The van der Waals surface area contributed by atoms with Gasteiger partial charge in [0.15, 0.2) is 0 Å². The lowest BCUT2D eigenvalue weighted by Gasteiger charge is -2.12. The van der Waals surface area contributed by atoms with Crippen LogP contribution < -0.4 is 15.2 Å². The highest BCUT2D eigenvalue weighted by atomic mass is 35.5. The molecule has 0 spiro atoms. The van der Waals surface area contributed by atoms with Crippen LogP contribution in [0.3, 0.4) is 0 Å². The molecule has 0 saturated heterocycles. The van der Waals surface area contributed by atoms with E-state index in [-0.39, 0.29) is 6.04 Å². The highest BCUT2D eigenvalue weighted by Crippen LogP contribution is 2.25. The molecule has 4 heteroatoms. The van der Waals surface area contributed by atoms with Gasteiger partial charge in [-0.1, -0.05) is 23.7 Å². The van der Waals surface area contributed by atoms with Gasteiger partial charge in [0.2, 0.25) is 0 Å². The van der Waals surface area contributed by atoms with Crippen LogP contribution in [0, 0.1) is 0 Å². The van der Waals surface area contributed by atoms with E-state index < -0.39 is 0 Å². The van der Waals surface area contributed by atoms with Crippen LogP contribution in [0.25, 0.3) is 0 Å². The quantitative estimate of drug-likeness (QED) is 0.907. The average Bonchev–Trinajstić information content (AvgIpc) is 2.45. The van der Waals surface area contributed by atoms with E-state index >= 15 is 0 Å². The average molecular weight is 292 g/mol. The molecule has 106 valence electrons. The Morgan fingerprint density at radius 1 is 1.20 bits per heavy atom. The molecule has 0 amide bonds. The fourth-order valence-electron chi connectivity index (χ4n) is 1.91. The Morgan fingerprint density at radius 3 is 2.70 bits per heavy atom. The van der Waals surface area contributed by atoms with Crippen molar-refractivity contribution < 1.29 is 9.47 Å². The van der Waals surface area contributed by atoms with Crippen molar-refractivity contribution in [3.8, 4) is 11.5 Å². The number of nitrogens with two attached hydrogens (primary N) is 1. The van der Waals surface area contributed by atoms with Crippen molar-refractivity contribution in [3.63, 3.8) is 0 Å². The maximum atomic E-state index is 5.99. The minimum absolute atomic E-state index is 0.0146. The Bertz CT molecular complexity index is 584. The predicted molar refractivity (Wildman–Crippen MR) is 81.4 cm³/mol. The van der Waals surface area contributed by atoms with E-state index in [4.69, 9.17) is 26.8 Å². The van der Waals surface area contributed by atoms with E-state index in [0.717, 1.165) is 22.6 Å². The van der Waals surface area contributed by atoms with Crippen molar-refractivity contribution >= 4 is 11.6 Å². The van der Waals surface area contributed by atoms with Gasteiger partial charge in [-0.2, -0.15) is 0 Å². The van der Waals surface area contributed by atoms with Crippen molar-refractivity contribution in [2.24, 2.45) is 5.73 Å². The number of halogens is 1. The summed E-state index contributed by atoms with van der Waals surface area (Å²) in [5, 5.41) is 0.661. The van der Waals surface area contributed by atoms with Crippen LogP contribution in [0.4, 0.5) is 0 Å². The smallest absolute Gasteiger partial charge is 0.125 e. The molecule has 2 rings (SSSR count). The third kappa shape index (κ3) is 3.65. The van der Waals surface area contributed by atoms with Crippen LogP contribution in [0.15, 0.2) is 42.5 Å². The largest absolute Gasteiger partial charge is 0.496 e. The fraction of sp³-hybridized carbons (Fsp3) is 0.250. The van der Waals surface area contributed by atoms with Gasteiger partial charge < -0.3 is 15.2 Å². The van der Waals surface area contributed by atoms with Gasteiger partial charge in [-0.3, -0.25) is 0 Å². The van der Waals surface area contributed by atoms with Crippen LogP contribution in [0.5, 0.6) is 11.5 Å². The first-order valence-electron chi connectivity index (χ1n) is 6.41. The van der Waals surface area contributed by atoms with Crippen LogP contribution in [-0.4, -0.2) is 7.11 Å². The Balaban J connectivity index is 2.12. The molecule has 2 aromatic rings. The molecule has 3 nitrogen and oxygen atoms in total. The zero-order valence-electron chi connectivity index (χ0n) is 11.6. The fourth-order valence-corrected chi connectivity index (χ4v) is 2.10. The zero-order valence-corrected chi connectivity index (χ0v) is 12.4. The van der Waals surface area contributed by atoms with Crippen molar-refractivity contribution in [2.45, 2.75) is 19.6 Å². The van der Waals surface area contributed by atoms with E-state index in [9.17, 15) is 0 Å². The second kappa shape index (κ2) is 6.64. The maximum absolute atomic E-state index is 5.99. The Kier molecular flexibility index (Phi) is 4.88. The normalized spacial score (nSPS) is 12.0. The molecule has 2 N–H and O–H groups in total. The van der Waals surface area contributed by atoms with Crippen molar-refractivity contribution in [1.82, 2.24) is 0 Å². The lowest BCUT2D eigenvalue weighted by atomic mass is 10.1. The molecule has 0 unspecified atom stereocenters. The van der Waals surface area contributed by atoms with Gasteiger partial charge in [0.1, 0.15) is 18.1 Å². The molecule has 0 heterocycles. The van der Waals surface area contributed by atoms with Crippen molar-refractivity contribution in [1.29, 1.82) is 0 Å². The summed E-state index contributed by atoms with van der Waals surface area (Å²) < 4.78 is 11.1. The zero-order chi connectivity index (χ0) is 14.5. The molecule has 0 bridgehead atoms. The van der Waals surface area contributed by atoms with Gasteiger partial charge >= 0.3 is 0 Å². The molecule has 2 aromatic carbocycles. The Hall–Kier alpha value is -1.71. The molecule has 0 saturated carbocycles. The van der Waals surface area contributed by atoms with E-state index in [1.54, 1.807) is 13.2 Å². The lowest BCUT2D eigenvalue weighted by Crippen LogP contribution is -2.05. The second-order valence-corrected chi connectivity index (χ2v) is 5.04. The van der Waals surface area contributed by atoms with Crippen LogP contribution >= 0.6 is 11.6 Å². The molecule has 0 aromatic heterocycles. The standard InChI is InChI=1S/C16H18ClNO2/c1-11(18)12-4-3-5-15(9-12)20-10-13-8-14(17)6-7-16(13)19-2/h3-9,11H,10,18H2,1-2H3/t11-/m0/s1. The van der Waals surface area contributed by atoms with E-state index in [1.165, 1.54) is 0 Å². The van der Waals surface area contributed by atoms with Gasteiger partial charge in [-0.05, 0) is 42.8 Å². The minimum atomic E-state index is -0.0146. The van der Waals surface area contributed by atoms with Gasteiger partial charge in [0, 0.05) is 16.6 Å². The van der Waals surface area contributed by atoms with Gasteiger partial charge in [-0.25, -0.2) is 0 Å². The molecule has 0 aliphatic carbocycles. The summed E-state index contributed by atoms with van der Waals surface area (Å²) in [5.41, 5.74) is 7.81. The van der Waals surface area contributed by atoms with Crippen LogP contribution in [0.2, 0.25) is 5.02 Å². The lowest BCUT2D eigenvalue weighted by molar-refractivity contribution is 0.296. The molecule has 1 atom stereocenters. The highest BCUT2D eigenvalue weighted by Gasteiger charge is 2.06.